The number of hydrogen-bond acceptors (Lipinski definition) is 2. The molecular weight excluding hydrogens is 186 g/mol. The van der Waals surface area contributed by atoms with E-state index in [-0.39, 0.29) is 5.25 Å². The van der Waals surface area contributed by atoms with Crippen LogP contribution in [0.3, 0.4) is 0 Å². The van der Waals surface area contributed by atoms with Crippen molar-refractivity contribution in [2.24, 2.45) is 0 Å². The van der Waals surface area contributed by atoms with Crippen molar-refractivity contribution in [3.8, 4) is 0 Å². The molecule has 70 valence electrons. The number of nitrogens with one attached hydrogen (secondary N) is 1. The monoisotopic (exact) mass is 197 g/mol. The Labute approximate surface area is 77.8 Å². The summed E-state index contributed by atoms with van der Waals surface area (Å²) in [6, 6.07) is 8.98. The maximum absolute atomic E-state index is 11.5. The molecule has 1 aromatic carbocycles. The van der Waals surface area contributed by atoms with E-state index in [1.54, 1.807) is 12.1 Å². The highest BCUT2D eigenvalue weighted by molar-refractivity contribution is 7.93. The van der Waals surface area contributed by atoms with Gasteiger partial charge in [0.05, 0.1) is 5.25 Å². The van der Waals surface area contributed by atoms with Gasteiger partial charge in [-0.1, -0.05) is 18.2 Å². The van der Waals surface area contributed by atoms with Crippen LogP contribution in [0.4, 0.5) is 5.69 Å². The third kappa shape index (κ3) is 2.01. The van der Waals surface area contributed by atoms with E-state index in [2.05, 4.69) is 4.72 Å². The molecule has 1 aromatic rings. The van der Waals surface area contributed by atoms with Crippen molar-refractivity contribution in [2.75, 3.05) is 4.72 Å². The molecule has 0 radical (unpaired) electrons. The standard InChI is InChI=1S/C9H11NO2S/c11-13(12,9-6-7-9)10-8-4-2-1-3-5-8/h1-5,9-10H,6-7H2. The molecule has 1 saturated carbocycles. The number of hydrogen-bond donors (Lipinski definition) is 1. The van der Waals surface area contributed by atoms with E-state index in [4.69, 9.17) is 0 Å². The van der Waals surface area contributed by atoms with Crippen molar-refractivity contribution < 1.29 is 8.42 Å². The molecule has 1 aliphatic carbocycles. The smallest absolute Gasteiger partial charge is 0.235 e. The van der Waals surface area contributed by atoms with E-state index >= 15 is 0 Å². The van der Waals surface area contributed by atoms with E-state index in [1.165, 1.54) is 0 Å². The van der Waals surface area contributed by atoms with Crippen molar-refractivity contribution in [3.05, 3.63) is 30.3 Å². The van der Waals surface area contributed by atoms with E-state index in [0.29, 0.717) is 5.69 Å². The molecule has 0 saturated heterocycles. The van der Waals surface area contributed by atoms with E-state index in [0.717, 1.165) is 12.8 Å². The second kappa shape index (κ2) is 3.03. The first-order valence-electron chi connectivity index (χ1n) is 4.25. The fraction of sp³-hybridized carbons (Fsp3) is 0.333. The molecule has 0 aliphatic heterocycles. The van der Waals surface area contributed by atoms with Crippen LogP contribution in [0.1, 0.15) is 12.8 Å². The molecule has 0 atom stereocenters. The lowest BCUT2D eigenvalue weighted by atomic mass is 10.3. The van der Waals surface area contributed by atoms with Crippen LogP contribution < -0.4 is 4.72 Å². The summed E-state index contributed by atoms with van der Waals surface area (Å²) >= 11 is 0. The average molecular weight is 197 g/mol. The van der Waals surface area contributed by atoms with Crippen LogP contribution in [0.2, 0.25) is 0 Å². The Morgan fingerprint density at radius 1 is 1.15 bits per heavy atom. The number of benzene rings is 1. The summed E-state index contributed by atoms with van der Waals surface area (Å²) in [5.41, 5.74) is 0.648. The van der Waals surface area contributed by atoms with Crippen LogP contribution in [-0.4, -0.2) is 13.7 Å². The normalized spacial score (nSPS) is 16.9. The molecule has 0 heterocycles. The van der Waals surface area contributed by atoms with Crippen LogP contribution in [0.25, 0.3) is 0 Å². The highest BCUT2D eigenvalue weighted by Crippen LogP contribution is 2.29. The summed E-state index contributed by atoms with van der Waals surface area (Å²) in [5, 5.41) is -0.160. The summed E-state index contributed by atoms with van der Waals surface area (Å²) in [6.07, 6.45) is 1.59. The average Bonchev–Trinajstić information content (AvgIpc) is 2.87. The van der Waals surface area contributed by atoms with Crippen molar-refractivity contribution in [1.82, 2.24) is 0 Å². The Morgan fingerprint density at radius 3 is 2.31 bits per heavy atom. The molecule has 4 heteroatoms. The van der Waals surface area contributed by atoms with Gasteiger partial charge in [0.1, 0.15) is 0 Å². The Hall–Kier alpha value is -1.03. The van der Waals surface area contributed by atoms with Crippen LogP contribution in [0, 0.1) is 0 Å². The zero-order valence-corrected chi connectivity index (χ0v) is 7.92. The number of anilines is 1. The molecule has 13 heavy (non-hydrogen) atoms. The lowest BCUT2D eigenvalue weighted by Gasteiger charge is -2.05. The van der Waals surface area contributed by atoms with Gasteiger partial charge >= 0.3 is 0 Å². The number of sulfonamides is 1. The first-order chi connectivity index (χ1) is 6.18. The Morgan fingerprint density at radius 2 is 1.77 bits per heavy atom. The van der Waals surface area contributed by atoms with E-state index in [1.807, 2.05) is 18.2 Å². The Bertz CT molecular complexity index is 381. The van der Waals surface area contributed by atoms with Gasteiger partial charge in [0.25, 0.3) is 0 Å². The largest absolute Gasteiger partial charge is 0.283 e. The van der Waals surface area contributed by atoms with Crippen molar-refractivity contribution in [3.63, 3.8) is 0 Å². The lowest BCUT2D eigenvalue weighted by molar-refractivity contribution is 0.600. The first-order valence-corrected chi connectivity index (χ1v) is 5.80. The van der Waals surface area contributed by atoms with Crippen LogP contribution in [0.5, 0.6) is 0 Å². The second-order valence-electron chi connectivity index (χ2n) is 3.21. The van der Waals surface area contributed by atoms with Crippen LogP contribution >= 0.6 is 0 Å². The highest BCUT2D eigenvalue weighted by atomic mass is 32.2. The molecule has 0 bridgehead atoms. The van der Waals surface area contributed by atoms with Gasteiger partial charge in [-0.3, -0.25) is 4.72 Å². The molecule has 1 aliphatic rings. The summed E-state index contributed by atoms with van der Waals surface area (Å²) in [4.78, 5) is 0. The molecular formula is C9H11NO2S. The van der Waals surface area contributed by atoms with Crippen molar-refractivity contribution >= 4 is 15.7 Å². The molecule has 1 fully saturated rings. The van der Waals surface area contributed by atoms with Crippen LogP contribution in [-0.2, 0) is 10.0 Å². The lowest BCUT2D eigenvalue weighted by Crippen LogP contribution is -2.17. The van der Waals surface area contributed by atoms with E-state index < -0.39 is 10.0 Å². The second-order valence-corrected chi connectivity index (χ2v) is 5.17. The summed E-state index contributed by atoms with van der Waals surface area (Å²) in [5.74, 6) is 0. The molecule has 0 aromatic heterocycles. The molecule has 0 unspecified atom stereocenters. The fourth-order valence-electron chi connectivity index (χ4n) is 1.13. The third-order valence-corrected chi connectivity index (χ3v) is 3.87. The molecule has 2 rings (SSSR count). The van der Waals surface area contributed by atoms with Gasteiger partial charge < -0.3 is 0 Å². The van der Waals surface area contributed by atoms with E-state index in [9.17, 15) is 8.42 Å². The van der Waals surface area contributed by atoms with Gasteiger partial charge in [-0.2, -0.15) is 0 Å². The minimum atomic E-state index is -3.09. The van der Waals surface area contributed by atoms with Crippen molar-refractivity contribution in [1.29, 1.82) is 0 Å². The Balaban J connectivity index is 2.14. The van der Waals surface area contributed by atoms with Gasteiger partial charge in [-0.25, -0.2) is 8.42 Å². The number of para-hydroxylation sites is 1. The Kier molecular flexibility index (Phi) is 2.00. The molecule has 1 N–H and O–H groups in total. The highest BCUT2D eigenvalue weighted by Gasteiger charge is 2.35. The van der Waals surface area contributed by atoms with Gasteiger partial charge in [0, 0.05) is 5.69 Å². The minimum absolute atomic E-state index is 0.160. The zero-order valence-electron chi connectivity index (χ0n) is 7.10. The van der Waals surface area contributed by atoms with Gasteiger partial charge in [-0.15, -0.1) is 0 Å². The summed E-state index contributed by atoms with van der Waals surface area (Å²) in [7, 11) is -3.09. The first kappa shape index (κ1) is 8.56. The quantitative estimate of drug-likeness (QED) is 0.799. The minimum Gasteiger partial charge on any atom is -0.283 e. The van der Waals surface area contributed by atoms with Gasteiger partial charge in [0.2, 0.25) is 10.0 Å². The molecule has 3 nitrogen and oxygen atoms in total. The third-order valence-electron chi connectivity index (χ3n) is 2.00. The van der Waals surface area contributed by atoms with Gasteiger partial charge in [0.15, 0.2) is 0 Å². The van der Waals surface area contributed by atoms with Gasteiger partial charge in [-0.05, 0) is 25.0 Å². The predicted molar refractivity (Wildman–Crippen MR) is 52.0 cm³/mol. The molecule has 0 spiro atoms. The zero-order chi connectivity index (χ0) is 9.31. The SMILES string of the molecule is O=S(=O)(Nc1ccccc1)C1CC1. The fourth-order valence-corrected chi connectivity index (χ4v) is 2.52. The number of rotatable bonds is 3. The maximum atomic E-state index is 11.5. The van der Waals surface area contributed by atoms with Crippen molar-refractivity contribution in [2.45, 2.75) is 18.1 Å². The molecule has 0 amide bonds. The summed E-state index contributed by atoms with van der Waals surface area (Å²) in [6.45, 7) is 0. The summed E-state index contributed by atoms with van der Waals surface area (Å²) < 4.78 is 25.5. The van der Waals surface area contributed by atoms with Crippen LogP contribution in [0.15, 0.2) is 30.3 Å². The topological polar surface area (TPSA) is 46.2 Å². The predicted octanol–water partition coefficient (Wildman–Crippen LogP) is 1.59. The maximum Gasteiger partial charge on any atom is 0.235 e.